The van der Waals surface area contributed by atoms with Crippen LogP contribution in [0.25, 0.3) is 0 Å². The van der Waals surface area contributed by atoms with E-state index in [1.807, 2.05) is 25.1 Å². The second-order valence-electron chi connectivity index (χ2n) is 3.39. The Balaban J connectivity index is 2.82. The number of ether oxygens (including phenoxy) is 2. The van der Waals surface area contributed by atoms with Crippen molar-refractivity contribution in [1.82, 2.24) is 5.32 Å². The molecule has 17 heavy (non-hydrogen) atoms. The Labute approximate surface area is 106 Å². The van der Waals surface area contributed by atoms with Gasteiger partial charge in [0.2, 0.25) is 5.91 Å². The van der Waals surface area contributed by atoms with Gasteiger partial charge < -0.3 is 14.8 Å². The fraction of sp³-hybridized carbons (Fsp3) is 0.417. The summed E-state index contributed by atoms with van der Waals surface area (Å²) in [4.78, 5) is 12.4. The molecule has 0 aromatic heterocycles. The molecule has 0 unspecified atom stereocenters. The van der Waals surface area contributed by atoms with Crippen molar-refractivity contribution in [1.29, 1.82) is 0 Å². The Bertz CT molecular complexity index is 395. The summed E-state index contributed by atoms with van der Waals surface area (Å²) >= 11 is 1.48. The number of hydrogen-bond acceptors (Lipinski definition) is 4. The van der Waals surface area contributed by atoms with Crippen LogP contribution in [0.4, 0.5) is 0 Å². The normalized spacial score (nSPS) is 11.8. The molecule has 0 aliphatic rings. The van der Waals surface area contributed by atoms with Crippen molar-refractivity contribution in [2.45, 2.75) is 17.1 Å². The van der Waals surface area contributed by atoms with Crippen molar-refractivity contribution in [2.24, 2.45) is 0 Å². The zero-order chi connectivity index (χ0) is 12.8. The fourth-order valence-electron chi connectivity index (χ4n) is 1.35. The van der Waals surface area contributed by atoms with E-state index < -0.39 is 0 Å². The third-order valence-corrected chi connectivity index (χ3v) is 3.38. The van der Waals surface area contributed by atoms with Crippen LogP contribution in [0.5, 0.6) is 11.5 Å². The summed E-state index contributed by atoms with van der Waals surface area (Å²) in [7, 11) is 4.82. The van der Waals surface area contributed by atoms with Crippen LogP contribution < -0.4 is 14.8 Å². The first-order valence-corrected chi connectivity index (χ1v) is 6.10. The molecule has 0 bridgehead atoms. The fourth-order valence-corrected chi connectivity index (χ4v) is 2.31. The smallest absolute Gasteiger partial charge is 0.232 e. The van der Waals surface area contributed by atoms with Crippen molar-refractivity contribution in [3.8, 4) is 11.5 Å². The van der Waals surface area contributed by atoms with Crippen molar-refractivity contribution >= 4 is 17.7 Å². The number of carbonyl (C=O) groups is 1. The van der Waals surface area contributed by atoms with Gasteiger partial charge >= 0.3 is 0 Å². The Hall–Kier alpha value is -1.36. The number of amides is 1. The van der Waals surface area contributed by atoms with Crippen molar-refractivity contribution in [2.75, 3.05) is 21.3 Å². The van der Waals surface area contributed by atoms with Gasteiger partial charge in [-0.25, -0.2) is 0 Å². The molecule has 5 heteroatoms. The van der Waals surface area contributed by atoms with Crippen LogP contribution in [0.2, 0.25) is 0 Å². The van der Waals surface area contributed by atoms with E-state index in [9.17, 15) is 4.79 Å². The summed E-state index contributed by atoms with van der Waals surface area (Å²) in [5.74, 6) is 1.36. The molecule has 0 saturated heterocycles. The lowest BCUT2D eigenvalue weighted by Crippen LogP contribution is -2.27. The largest absolute Gasteiger partial charge is 0.493 e. The molecule has 0 heterocycles. The number of methoxy groups -OCH3 is 2. The summed E-state index contributed by atoms with van der Waals surface area (Å²) in [6.45, 7) is 1.86. The summed E-state index contributed by atoms with van der Waals surface area (Å²) < 4.78 is 10.4. The average molecular weight is 255 g/mol. The highest BCUT2D eigenvalue weighted by molar-refractivity contribution is 8.00. The van der Waals surface area contributed by atoms with Crippen LogP contribution in [0.15, 0.2) is 23.1 Å². The summed E-state index contributed by atoms with van der Waals surface area (Å²) in [5.41, 5.74) is 0. The first-order chi connectivity index (χ1) is 8.12. The molecule has 4 nitrogen and oxygen atoms in total. The molecule has 0 saturated carbocycles. The lowest BCUT2D eigenvalue weighted by Gasteiger charge is -2.12. The van der Waals surface area contributed by atoms with Gasteiger partial charge in [-0.15, -0.1) is 11.8 Å². The number of benzene rings is 1. The van der Waals surface area contributed by atoms with Gasteiger partial charge in [-0.3, -0.25) is 4.79 Å². The van der Waals surface area contributed by atoms with Crippen molar-refractivity contribution in [3.63, 3.8) is 0 Å². The zero-order valence-corrected chi connectivity index (χ0v) is 11.3. The van der Waals surface area contributed by atoms with E-state index in [1.165, 1.54) is 11.8 Å². The molecular weight excluding hydrogens is 238 g/mol. The molecule has 1 N–H and O–H groups in total. The molecule has 0 aliphatic heterocycles. The molecular formula is C12H17NO3S. The van der Waals surface area contributed by atoms with Crippen LogP contribution in [-0.4, -0.2) is 32.4 Å². The van der Waals surface area contributed by atoms with Gasteiger partial charge in [-0.05, 0) is 25.1 Å². The van der Waals surface area contributed by atoms with E-state index in [4.69, 9.17) is 9.47 Å². The van der Waals surface area contributed by atoms with E-state index in [1.54, 1.807) is 21.3 Å². The van der Waals surface area contributed by atoms with E-state index in [0.717, 1.165) is 4.90 Å². The van der Waals surface area contributed by atoms with Crippen LogP contribution in [-0.2, 0) is 4.79 Å². The number of hydrogen-bond donors (Lipinski definition) is 1. The Morgan fingerprint density at radius 1 is 1.29 bits per heavy atom. The van der Waals surface area contributed by atoms with Crippen LogP contribution in [0.3, 0.4) is 0 Å². The maximum absolute atomic E-state index is 11.4. The Kier molecular flexibility index (Phi) is 5.15. The Morgan fingerprint density at radius 2 is 1.94 bits per heavy atom. The summed E-state index contributed by atoms with van der Waals surface area (Å²) in [5, 5.41) is 2.48. The molecule has 0 radical (unpaired) electrons. The molecule has 0 spiro atoms. The monoisotopic (exact) mass is 255 g/mol. The molecule has 1 aromatic carbocycles. The highest BCUT2D eigenvalue weighted by Crippen LogP contribution is 2.33. The molecule has 1 atom stereocenters. The minimum Gasteiger partial charge on any atom is -0.493 e. The van der Waals surface area contributed by atoms with E-state index in [2.05, 4.69) is 5.32 Å². The predicted molar refractivity (Wildman–Crippen MR) is 68.9 cm³/mol. The third-order valence-electron chi connectivity index (χ3n) is 2.28. The number of rotatable bonds is 5. The second-order valence-corrected chi connectivity index (χ2v) is 4.81. The molecule has 94 valence electrons. The van der Waals surface area contributed by atoms with Gasteiger partial charge in [0, 0.05) is 11.9 Å². The maximum atomic E-state index is 11.4. The number of carbonyl (C=O) groups excluding carboxylic acids is 1. The van der Waals surface area contributed by atoms with E-state index in [-0.39, 0.29) is 11.2 Å². The van der Waals surface area contributed by atoms with Gasteiger partial charge in [0.25, 0.3) is 0 Å². The highest BCUT2D eigenvalue weighted by atomic mass is 32.2. The molecule has 1 aromatic rings. The Morgan fingerprint density at radius 3 is 2.47 bits per heavy atom. The van der Waals surface area contributed by atoms with Gasteiger partial charge in [0.05, 0.1) is 19.5 Å². The van der Waals surface area contributed by atoms with Gasteiger partial charge in [0.1, 0.15) is 0 Å². The molecule has 0 aliphatic carbocycles. The van der Waals surface area contributed by atoms with Gasteiger partial charge in [-0.2, -0.15) is 0 Å². The van der Waals surface area contributed by atoms with E-state index >= 15 is 0 Å². The maximum Gasteiger partial charge on any atom is 0.232 e. The topological polar surface area (TPSA) is 47.6 Å². The zero-order valence-electron chi connectivity index (χ0n) is 10.4. The quantitative estimate of drug-likeness (QED) is 0.817. The van der Waals surface area contributed by atoms with Crippen molar-refractivity contribution < 1.29 is 14.3 Å². The minimum absolute atomic E-state index is 0.00443. The van der Waals surface area contributed by atoms with Crippen LogP contribution >= 0.6 is 11.8 Å². The predicted octanol–water partition coefficient (Wildman–Crippen LogP) is 1.93. The second kappa shape index (κ2) is 6.39. The third kappa shape index (κ3) is 3.56. The number of nitrogens with one attached hydrogen (secondary N) is 1. The van der Waals surface area contributed by atoms with Gasteiger partial charge in [-0.1, -0.05) is 0 Å². The molecule has 1 amide bonds. The highest BCUT2D eigenvalue weighted by Gasteiger charge is 2.13. The molecule has 1 rings (SSSR count). The number of thioether (sulfide) groups is 1. The minimum atomic E-state index is -0.141. The first-order valence-electron chi connectivity index (χ1n) is 5.22. The summed E-state index contributed by atoms with van der Waals surface area (Å²) in [6, 6.07) is 5.60. The lowest BCUT2D eigenvalue weighted by molar-refractivity contribution is -0.119. The lowest BCUT2D eigenvalue weighted by atomic mass is 10.3. The molecule has 0 fully saturated rings. The van der Waals surface area contributed by atoms with Crippen molar-refractivity contribution in [3.05, 3.63) is 18.2 Å². The SMILES string of the molecule is CNC(=O)[C@@H](C)Sc1ccc(OC)c(OC)c1. The first kappa shape index (κ1) is 13.7. The van der Waals surface area contributed by atoms with Gasteiger partial charge in [0.15, 0.2) is 11.5 Å². The summed E-state index contributed by atoms with van der Waals surface area (Å²) in [6.07, 6.45) is 0. The van der Waals surface area contributed by atoms with Crippen LogP contribution in [0.1, 0.15) is 6.92 Å². The van der Waals surface area contributed by atoms with Crippen LogP contribution in [0, 0.1) is 0 Å². The standard InChI is InChI=1S/C12H17NO3S/c1-8(12(14)13-2)17-9-5-6-10(15-3)11(7-9)16-4/h5-8H,1-4H3,(H,13,14)/t8-/m1/s1. The average Bonchev–Trinajstić information content (AvgIpc) is 2.37. The van der Waals surface area contributed by atoms with E-state index in [0.29, 0.717) is 11.5 Å².